The Labute approximate surface area is 157 Å². The lowest BCUT2D eigenvalue weighted by Gasteiger charge is -2.25. The van der Waals surface area contributed by atoms with Crippen molar-refractivity contribution in [3.05, 3.63) is 65.0 Å². The fourth-order valence-corrected chi connectivity index (χ4v) is 4.03. The van der Waals surface area contributed by atoms with Crippen molar-refractivity contribution >= 4 is 11.8 Å². The first-order valence-corrected chi connectivity index (χ1v) is 9.56. The van der Waals surface area contributed by atoms with Gasteiger partial charge in [0, 0.05) is 12.8 Å². The van der Waals surface area contributed by atoms with Crippen LogP contribution in [-0.4, -0.2) is 21.4 Å². The highest BCUT2D eigenvalue weighted by Crippen LogP contribution is 2.36. The zero-order valence-corrected chi connectivity index (χ0v) is 15.9. The van der Waals surface area contributed by atoms with Crippen molar-refractivity contribution < 1.29 is 9.47 Å². The maximum Gasteiger partial charge on any atom is 0.192 e. The average Bonchev–Trinajstić information content (AvgIpc) is 2.99. The number of para-hydroxylation sites is 2. The summed E-state index contributed by atoms with van der Waals surface area (Å²) in [5.74, 6) is 3.16. The van der Waals surface area contributed by atoms with E-state index in [0.717, 1.165) is 28.2 Å². The number of aromatic nitrogens is 3. The zero-order valence-electron chi connectivity index (χ0n) is 15.1. The number of hydrogen-bond acceptors (Lipinski definition) is 5. The number of hydrogen-bond donors (Lipinski definition) is 0. The van der Waals surface area contributed by atoms with Crippen LogP contribution in [0, 0.1) is 13.8 Å². The monoisotopic (exact) mass is 367 g/mol. The molecule has 6 heteroatoms. The largest absolute Gasteiger partial charge is 0.485 e. The topological polar surface area (TPSA) is 49.2 Å². The maximum absolute atomic E-state index is 6.05. The van der Waals surface area contributed by atoms with Crippen molar-refractivity contribution in [2.75, 3.05) is 6.61 Å². The molecular weight excluding hydrogens is 346 g/mol. The minimum absolute atomic E-state index is 0.252. The lowest BCUT2D eigenvalue weighted by Crippen LogP contribution is -2.24. The molecule has 4 rings (SSSR count). The molecule has 0 aliphatic carbocycles. The number of benzene rings is 2. The average molecular weight is 367 g/mol. The molecule has 0 fully saturated rings. The lowest BCUT2D eigenvalue weighted by molar-refractivity contribution is 0.0825. The molecule has 0 amide bonds. The van der Waals surface area contributed by atoms with E-state index in [-0.39, 0.29) is 6.10 Å². The Balaban J connectivity index is 1.48. The molecule has 0 spiro atoms. The number of aryl methyl sites for hydroxylation is 2. The fraction of sp³-hybridized carbons (Fsp3) is 0.300. The third kappa shape index (κ3) is 3.42. The van der Waals surface area contributed by atoms with E-state index < -0.39 is 0 Å². The van der Waals surface area contributed by atoms with Crippen LogP contribution in [0.2, 0.25) is 0 Å². The van der Waals surface area contributed by atoms with E-state index >= 15 is 0 Å². The number of nitrogens with zero attached hydrogens (tertiary/aromatic N) is 3. The van der Waals surface area contributed by atoms with Gasteiger partial charge in [0.05, 0.1) is 0 Å². The standard InChI is InChI=1S/C20H21N3O2S/c1-13-8-14(2)10-15(9-13)12-26-20-22-21-19(23(20)3)18-11-24-16-6-4-5-7-17(16)25-18/h4-10,18H,11-12H2,1-3H3. The van der Waals surface area contributed by atoms with E-state index in [2.05, 4.69) is 42.2 Å². The molecule has 0 saturated heterocycles. The van der Waals surface area contributed by atoms with Crippen LogP contribution in [-0.2, 0) is 12.8 Å². The zero-order chi connectivity index (χ0) is 18.1. The van der Waals surface area contributed by atoms with Crippen LogP contribution in [0.3, 0.4) is 0 Å². The van der Waals surface area contributed by atoms with Crippen LogP contribution in [0.5, 0.6) is 11.5 Å². The molecule has 0 radical (unpaired) electrons. The maximum atomic E-state index is 6.05. The smallest absolute Gasteiger partial charge is 0.192 e. The van der Waals surface area contributed by atoms with Crippen LogP contribution in [0.25, 0.3) is 0 Å². The van der Waals surface area contributed by atoms with Gasteiger partial charge in [-0.1, -0.05) is 53.2 Å². The summed E-state index contributed by atoms with van der Waals surface area (Å²) < 4.78 is 13.8. The highest BCUT2D eigenvalue weighted by Gasteiger charge is 2.27. The van der Waals surface area contributed by atoms with Gasteiger partial charge in [0.2, 0.25) is 0 Å². The Morgan fingerprint density at radius 2 is 1.81 bits per heavy atom. The first-order valence-electron chi connectivity index (χ1n) is 8.58. The summed E-state index contributed by atoms with van der Waals surface area (Å²) in [6, 6.07) is 14.3. The summed E-state index contributed by atoms with van der Waals surface area (Å²) in [4.78, 5) is 0. The second-order valence-electron chi connectivity index (χ2n) is 6.55. The number of ether oxygens (including phenoxy) is 2. The number of thioether (sulfide) groups is 1. The van der Waals surface area contributed by atoms with Crippen LogP contribution in [0.1, 0.15) is 28.6 Å². The predicted octanol–water partition coefficient (Wildman–Crippen LogP) is 4.24. The van der Waals surface area contributed by atoms with Crippen molar-refractivity contribution in [1.29, 1.82) is 0 Å². The molecule has 1 aromatic heterocycles. The van der Waals surface area contributed by atoms with Crippen LogP contribution in [0.15, 0.2) is 47.6 Å². The Hall–Kier alpha value is -2.47. The van der Waals surface area contributed by atoms with Gasteiger partial charge in [-0.3, -0.25) is 0 Å². The molecular formula is C20H21N3O2S. The first-order chi connectivity index (χ1) is 12.6. The molecule has 3 aromatic rings. The minimum atomic E-state index is -0.252. The van der Waals surface area contributed by atoms with E-state index in [9.17, 15) is 0 Å². The van der Waals surface area contributed by atoms with Crippen molar-refractivity contribution in [3.63, 3.8) is 0 Å². The molecule has 2 aromatic carbocycles. The Bertz CT molecular complexity index is 918. The quantitative estimate of drug-likeness (QED) is 0.646. The molecule has 1 aliphatic rings. The minimum Gasteiger partial charge on any atom is -0.485 e. The Morgan fingerprint density at radius 1 is 1.08 bits per heavy atom. The molecule has 0 saturated carbocycles. The van der Waals surface area contributed by atoms with Crippen molar-refractivity contribution in [1.82, 2.24) is 14.8 Å². The normalized spacial score (nSPS) is 15.9. The number of fused-ring (bicyclic) bond motifs is 1. The Kier molecular flexibility index (Phi) is 4.59. The van der Waals surface area contributed by atoms with Crippen molar-refractivity contribution in [2.24, 2.45) is 7.05 Å². The van der Waals surface area contributed by atoms with Gasteiger partial charge in [-0.25, -0.2) is 0 Å². The number of rotatable bonds is 4. The van der Waals surface area contributed by atoms with Gasteiger partial charge in [-0.2, -0.15) is 0 Å². The Morgan fingerprint density at radius 3 is 2.58 bits per heavy atom. The van der Waals surface area contributed by atoms with Gasteiger partial charge < -0.3 is 14.0 Å². The highest BCUT2D eigenvalue weighted by molar-refractivity contribution is 7.98. The second-order valence-corrected chi connectivity index (χ2v) is 7.49. The van der Waals surface area contributed by atoms with Crippen LogP contribution < -0.4 is 9.47 Å². The molecule has 0 N–H and O–H groups in total. The SMILES string of the molecule is Cc1cc(C)cc(CSc2nnc(C3COc4ccccc4O3)n2C)c1. The molecule has 5 nitrogen and oxygen atoms in total. The van der Waals surface area contributed by atoms with E-state index in [1.807, 2.05) is 35.9 Å². The predicted molar refractivity (Wildman–Crippen MR) is 102 cm³/mol. The molecule has 134 valence electrons. The third-order valence-electron chi connectivity index (χ3n) is 4.31. The summed E-state index contributed by atoms with van der Waals surface area (Å²) in [5.41, 5.74) is 3.86. The summed E-state index contributed by atoms with van der Waals surface area (Å²) in [7, 11) is 1.98. The van der Waals surface area contributed by atoms with Gasteiger partial charge in [0.15, 0.2) is 28.6 Å². The van der Waals surface area contributed by atoms with E-state index in [1.54, 1.807) is 11.8 Å². The highest BCUT2D eigenvalue weighted by atomic mass is 32.2. The molecule has 2 heterocycles. The summed E-state index contributed by atoms with van der Waals surface area (Å²) in [5, 5.41) is 9.57. The van der Waals surface area contributed by atoms with Gasteiger partial charge >= 0.3 is 0 Å². The fourth-order valence-electron chi connectivity index (χ4n) is 3.18. The third-order valence-corrected chi connectivity index (χ3v) is 5.41. The van der Waals surface area contributed by atoms with Crippen LogP contribution in [0.4, 0.5) is 0 Å². The molecule has 1 aliphatic heterocycles. The summed E-state index contributed by atoms with van der Waals surface area (Å²) in [6.07, 6.45) is -0.252. The van der Waals surface area contributed by atoms with Crippen LogP contribution >= 0.6 is 11.8 Å². The molecule has 1 unspecified atom stereocenters. The van der Waals surface area contributed by atoms with Crippen molar-refractivity contribution in [2.45, 2.75) is 30.9 Å². The van der Waals surface area contributed by atoms with Gasteiger partial charge in [0.25, 0.3) is 0 Å². The summed E-state index contributed by atoms with van der Waals surface area (Å²) in [6.45, 7) is 4.68. The summed E-state index contributed by atoms with van der Waals surface area (Å²) >= 11 is 1.68. The van der Waals surface area contributed by atoms with Gasteiger partial charge in [-0.05, 0) is 31.5 Å². The van der Waals surface area contributed by atoms with Gasteiger partial charge in [0.1, 0.15) is 6.61 Å². The molecule has 1 atom stereocenters. The first kappa shape index (κ1) is 17.0. The second kappa shape index (κ2) is 7.03. The van der Waals surface area contributed by atoms with Gasteiger partial charge in [-0.15, -0.1) is 10.2 Å². The molecule has 26 heavy (non-hydrogen) atoms. The van der Waals surface area contributed by atoms with E-state index in [1.165, 1.54) is 16.7 Å². The van der Waals surface area contributed by atoms with Crippen molar-refractivity contribution in [3.8, 4) is 11.5 Å². The lowest BCUT2D eigenvalue weighted by atomic mass is 10.1. The molecule has 0 bridgehead atoms. The van der Waals surface area contributed by atoms with E-state index in [0.29, 0.717) is 6.61 Å². The van der Waals surface area contributed by atoms with E-state index in [4.69, 9.17) is 9.47 Å².